The summed E-state index contributed by atoms with van der Waals surface area (Å²) < 4.78 is 21.2. The molecule has 30 heavy (non-hydrogen) atoms. The first-order valence-electron chi connectivity index (χ1n) is 10.0. The van der Waals surface area contributed by atoms with Gasteiger partial charge in [0, 0.05) is 50.0 Å². The molecule has 1 saturated heterocycles. The van der Waals surface area contributed by atoms with Crippen molar-refractivity contribution in [1.29, 1.82) is 0 Å². The Morgan fingerprint density at radius 3 is 2.57 bits per heavy atom. The Hall–Kier alpha value is -2.78. The fourth-order valence-corrected chi connectivity index (χ4v) is 3.44. The maximum absolute atomic E-state index is 14.2. The SMILES string of the molecule is Cc1nn(C)c(C)c1CC(=O)Nc1ccc(F)c(NC(=O)CCN2CCOCC2)c1. The highest BCUT2D eigenvalue weighted by Gasteiger charge is 2.16. The summed E-state index contributed by atoms with van der Waals surface area (Å²) >= 11 is 0. The predicted octanol–water partition coefficient (Wildman–Crippen LogP) is 2.02. The van der Waals surface area contributed by atoms with Gasteiger partial charge in [0.25, 0.3) is 0 Å². The first kappa shape index (κ1) is 21.9. The molecule has 2 heterocycles. The van der Waals surface area contributed by atoms with Crippen LogP contribution >= 0.6 is 0 Å². The van der Waals surface area contributed by atoms with Gasteiger partial charge in [-0.15, -0.1) is 0 Å². The number of amides is 2. The van der Waals surface area contributed by atoms with Crippen LogP contribution < -0.4 is 10.6 Å². The number of anilines is 2. The fourth-order valence-electron chi connectivity index (χ4n) is 3.44. The highest BCUT2D eigenvalue weighted by atomic mass is 19.1. The number of aryl methyl sites for hydroxylation is 2. The van der Waals surface area contributed by atoms with E-state index in [0.29, 0.717) is 25.4 Å². The van der Waals surface area contributed by atoms with Gasteiger partial charge >= 0.3 is 0 Å². The number of aromatic nitrogens is 2. The Bertz CT molecular complexity index is 922. The molecule has 0 aliphatic carbocycles. The monoisotopic (exact) mass is 417 g/mol. The lowest BCUT2D eigenvalue weighted by molar-refractivity contribution is -0.117. The van der Waals surface area contributed by atoms with E-state index in [1.165, 1.54) is 18.2 Å². The molecular formula is C21H28FN5O3. The van der Waals surface area contributed by atoms with Gasteiger partial charge in [0.1, 0.15) is 5.82 Å². The summed E-state index contributed by atoms with van der Waals surface area (Å²) in [5.74, 6) is -1.05. The van der Waals surface area contributed by atoms with Crippen LogP contribution in [0.4, 0.5) is 15.8 Å². The molecule has 1 aliphatic heterocycles. The van der Waals surface area contributed by atoms with Crippen molar-refractivity contribution < 1.29 is 18.7 Å². The molecule has 1 aromatic heterocycles. The molecule has 0 saturated carbocycles. The van der Waals surface area contributed by atoms with Crippen LogP contribution in [-0.4, -0.2) is 59.3 Å². The average molecular weight is 417 g/mol. The number of carbonyl (C=O) groups excluding carboxylic acids is 2. The summed E-state index contributed by atoms with van der Waals surface area (Å²) in [4.78, 5) is 26.8. The number of nitrogens with zero attached hydrogens (tertiary/aromatic N) is 3. The van der Waals surface area contributed by atoms with Crippen LogP contribution in [0.15, 0.2) is 18.2 Å². The van der Waals surface area contributed by atoms with Crippen molar-refractivity contribution >= 4 is 23.2 Å². The molecule has 2 aromatic rings. The van der Waals surface area contributed by atoms with Gasteiger partial charge in [-0.05, 0) is 32.0 Å². The summed E-state index contributed by atoms with van der Waals surface area (Å²) in [5, 5.41) is 9.67. The fraction of sp³-hybridized carbons (Fsp3) is 0.476. The second-order valence-corrected chi connectivity index (χ2v) is 7.44. The largest absolute Gasteiger partial charge is 0.379 e. The average Bonchev–Trinajstić information content (AvgIpc) is 2.95. The third-order valence-corrected chi connectivity index (χ3v) is 5.28. The van der Waals surface area contributed by atoms with E-state index >= 15 is 0 Å². The van der Waals surface area contributed by atoms with Gasteiger partial charge in [-0.3, -0.25) is 19.2 Å². The first-order valence-corrected chi connectivity index (χ1v) is 10.0. The number of rotatable bonds is 7. The van der Waals surface area contributed by atoms with E-state index in [1.807, 2.05) is 20.9 Å². The molecule has 1 aromatic carbocycles. The number of morpholine rings is 1. The molecule has 1 fully saturated rings. The maximum Gasteiger partial charge on any atom is 0.228 e. The number of benzene rings is 1. The third-order valence-electron chi connectivity index (χ3n) is 5.28. The Morgan fingerprint density at radius 1 is 1.17 bits per heavy atom. The van der Waals surface area contributed by atoms with E-state index in [4.69, 9.17) is 4.74 Å². The summed E-state index contributed by atoms with van der Waals surface area (Å²) in [6.45, 7) is 7.27. The van der Waals surface area contributed by atoms with Crippen LogP contribution in [0.5, 0.6) is 0 Å². The maximum atomic E-state index is 14.2. The van der Waals surface area contributed by atoms with Gasteiger partial charge in [0.2, 0.25) is 11.8 Å². The molecule has 8 nitrogen and oxygen atoms in total. The van der Waals surface area contributed by atoms with Crippen LogP contribution in [0, 0.1) is 19.7 Å². The van der Waals surface area contributed by atoms with Crippen molar-refractivity contribution in [2.75, 3.05) is 43.5 Å². The van der Waals surface area contributed by atoms with E-state index in [9.17, 15) is 14.0 Å². The van der Waals surface area contributed by atoms with Crippen molar-refractivity contribution in [2.45, 2.75) is 26.7 Å². The molecule has 2 amide bonds. The summed E-state index contributed by atoms with van der Waals surface area (Å²) in [5.41, 5.74) is 3.07. The van der Waals surface area contributed by atoms with Gasteiger partial charge in [-0.25, -0.2) is 4.39 Å². The zero-order chi connectivity index (χ0) is 21.7. The molecule has 0 unspecified atom stereocenters. The third kappa shape index (κ3) is 5.64. The summed E-state index contributed by atoms with van der Waals surface area (Å²) in [6, 6.07) is 4.14. The van der Waals surface area contributed by atoms with Crippen molar-refractivity contribution in [1.82, 2.24) is 14.7 Å². The molecule has 2 N–H and O–H groups in total. The quantitative estimate of drug-likeness (QED) is 0.720. The minimum absolute atomic E-state index is 0.0496. The van der Waals surface area contributed by atoms with Crippen LogP contribution in [0.2, 0.25) is 0 Å². The number of halogens is 1. The van der Waals surface area contributed by atoms with E-state index < -0.39 is 5.82 Å². The van der Waals surface area contributed by atoms with Crippen LogP contribution in [0.25, 0.3) is 0 Å². The topological polar surface area (TPSA) is 88.5 Å². The Kier molecular flexibility index (Phi) is 7.17. The van der Waals surface area contributed by atoms with Gasteiger partial charge in [-0.2, -0.15) is 5.10 Å². The Labute approximate surface area is 175 Å². The molecular weight excluding hydrogens is 389 g/mol. The van der Waals surface area contributed by atoms with Gasteiger partial charge in [-0.1, -0.05) is 0 Å². The van der Waals surface area contributed by atoms with Gasteiger partial charge in [0.15, 0.2) is 0 Å². The number of carbonyl (C=O) groups is 2. The van der Waals surface area contributed by atoms with E-state index in [0.717, 1.165) is 30.0 Å². The van der Waals surface area contributed by atoms with Crippen LogP contribution in [0.3, 0.4) is 0 Å². The van der Waals surface area contributed by atoms with E-state index in [-0.39, 0.29) is 30.3 Å². The predicted molar refractivity (Wildman–Crippen MR) is 112 cm³/mol. The molecule has 0 bridgehead atoms. The normalized spacial score (nSPS) is 14.5. The molecule has 3 rings (SSSR count). The second kappa shape index (κ2) is 9.82. The second-order valence-electron chi connectivity index (χ2n) is 7.44. The zero-order valence-corrected chi connectivity index (χ0v) is 17.6. The van der Waals surface area contributed by atoms with Crippen LogP contribution in [0.1, 0.15) is 23.4 Å². The van der Waals surface area contributed by atoms with Crippen molar-refractivity contribution in [3.63, 3.8) is 0 Å². The Balaban J connectivity index is 1.57. The minimum Gasteiger partial charge on any atom is -0.379 e. The number of nitrogens with one attached hydrogen (secondary N) is 2. The van der Waals surface area contributed by atoms with Gasteiger partial charge in [0.05, 0.1) is 31.0 Å². The van der Waals surface area contributed by atoms with Gasteiger partial charge < -0.3 is 15.4 Å². The van der Waals surface area contributed by atoms with Crippen molar-refractivity contribution in [2.24, 2.45) is 7.05 Å². The van der Waals surface area contributed by atoms with E-state index in [2.05, 4.69) is 20.6 Å². The lowest BCUT2D eigenvalue weighted by Crippen LogP contribution is -2.38. The molecule has 9 heteroatoms. The minimum atomic E-state index is -0.549. The lowest BCUT2D eigenvalue weighted by Gasteiger charge is -2.26. The van der Waals surface area contributed by atoms with Crippen molar-refractivity contribution in [3.05, 3.63) is 41.0 Å². The summed E-state index contributed by atoms with van der Waals surface area (Å²) in [6.07, 6.45) is 0.430. The van der Waals surface area contributed by atoms with E-state index in [1.54, 1.807) is 4.68 Å². The number of hydrogen-bond acceptors (Lipinski definition) is 5. The standard InChI is InChI=1S/C21H28FN5O3/c1-14-17(15(2)26(3)25-14)13-21(29)23-16-4-5-18(22)19(12-16)24-20(28)6-7-27-8-10-30-11-9-27/h4-5,12H,6-11,13H2,1-3H3,(H,23,29)(H,24,28). The van der Waals surface area contributed by atoms with Crippen LogP contribution in [-0.2, 0) is 27.8 Å². The van der Waals surface area contributed by atoms with Crippen molar-refractivity contribution in [3.8, 4) is 0 Å². The molecule has 1 aliphatic rings. The smallest absolute Gasteiger partial charge is 0.228 e. The molecule has 0 spiro atoms. The highest BCUT2D eigenvalue weighted by molar-refractivity contribution is 5.95. The lowest BCUT2D eigenvalue weighted by atomic mass is 10.1. The first-order chi connectivity index (χ1) is 14.3. The molecule has 0 radical (unpaired) electrons. The molecule has 0 atom stereocenters. The molecule has 162 valence electrons. The highest BCUT2D eigenvalue weighted by Crippen LogP contribution is 2.21. The summed E-state index contributed by atoms with van der Waals surface area (Å²) in [7, 11) is 1.83. The number of hydrogen-bond donors (Lipinski definition) is 2. The number of ether oxygens (including phenoxy) is 1. The Morgan fingerprint density at radius 2 is 1.90 bits per heavy atom. The zero-order valence-electron chi connectivity index (χ0n) is 17.6.